The van der Waals surface area contributed by atoms with E-state index in [0.717, 1.165) is 12.2 Å². The summed E-state index contributed by atoms with van der Waals surface area (Å²) < 4.78 is 5.25. The van der Waals surface area contributed by atoms with Gasteiger partial charge in [-0.2, -0.15) is 0 Å². The summed E-state index contributed by atoms with van der Waals surface area (Å²) >= 11 is 0. The summed E-state index contributed by atoms with van der Waals surface area (Å²) in [7, 11) is 1.68. The molecule has 3 heteroatoms. The minimum absolute atomic E-state index is 0.00310. The van der Waals surface area contributed by atoms with Gasteiger partial charge in [-0.25, -0.2) is 0 Å². The molecule has 1 saturated heterocycles. The van der Waals surface area contributed by atoms with Crippen LogP contribution in [0, 0.1) is 0 Å². The SMILES string of the molecule is COc1ccc2c(c1)[C@]1(C)CC(=O)N[C@H]2C1. The number of piperidine rings is 1. The summed E-state index contributed by atoms with van der Waals surface area (Å²) in [5.74, 6) is 1.04. The summed E-state index contributed by atoms with van der Waals surface area (Å²) in [6.07, 6.45) is 1.60. The number of ether oxygens (including phenoxy) is 1. The number of carbonyl (C=O) groups excluding carboxylic acids is 1. The molecule has 0 aromatic heterocycles. The number of amides is 1. The third-order valence-electron chi connectivity index (χ3n) is 3.83. The molecule has 0 radical (unpaired) electrons. The van der Waals surface area contributed by atoms with E-state index in [1.807, 2.05) is 6.07 Å². The lowest BCUT2D eigenvalue weighted by Crippen LogP contribution is -2.38. The first kappa shape index (κ1) is 9.70. The molecule has 1 aliphatic heterocycles. The zero-order valence-corrected chi connectivity index (χ0v) is 9.54. The predicted octanol–water partition coefficient (Wildman–Crippen LogP) is 1.92. The Morgan fingerprint density at radius 1 is 1.50 bits per heavy atom. The van der Waals surface area contributed by atoms with Gasteiger partial charge in [0.15, 0.2) is 0 Å². The first-order valence-electron chi connectivity index (χ1n) is 5.60. The van der Waals surface area contributed by atoms with Crippen LogP contribution in [0.4, 0.5) is 0 Å². The number of fused-ring (bicyclic) bond motifs is 5. The van der Waals surface area contributed by atoms with Crippen LogP contribution in [0.15, 0.2) is 18.2 Å². The third kappa shape index (κ3) is 1.17. The zero-order chi connectivity index (χ0) is 11.3. The van der Waals surface area contributed by atoms with Crippen LogP contribution in [-0.2, 0) is 10.2 Å². The molecule has 1 heterocycles. The normalized spacial score (nSPS) is 30.9. The van der Waals surface area contributed by atoms with Crippen molar-refractivity contribution in [1.82, 2.24) is 5.32 Å². The van der Waals surface area contributed by atoms with E-state index in [2.05, 4.69) is 24.4 Å². The van der Waals surface area contributed by atoms with Crippen LogP contribution in [0.1, 0.15) is 36.9 Å². The van der Waals surface area contributed by atoms with Crippen molar-refractivity contribution in [3.8, 4) is 5.75 Å². The van der Waals surface area contributed by atoms with Gasteiger partial charge in [0.05, 0.1) is 13.2 Å². The molecule has 3 rings (SSSR count). The third-order valence-corrected chi connectivity index (χ3v) is 3.83. The first-order chi connectivity index (χ1) is 7.62. The van der Waals surface area contributed by atoms with E-state index in [4.69, 9.17) is 4.74 Å². The molecule has 1 aliphatic carbocycles. The van der Waals surface area contributed by atoms with E-state index in [-0.39, 0.29) is 17.4 Å². The Morgan fingerprint density at radius 2 is 2.31 bits per heavy atom. The Bertz CT molecular complexity index is 469. The number of benzene rings is 1. The average molecular weight is 217 g/mol. The van der Waals surface area contributed by atoms with Gasteiger partial charge < -0.3 is 10.1 Å². The maximum absolute atomic E-state index is 11.6. The molecule has 1 fully saturated rings. The molecule has 0 spiro atoms. The average Bonchev–Trinajstić information content (AvgIpc) is 2.46. The van der Waals surface area contributed by atoms with E-state index in [1.54, 1.807) is 7.11 Å². The number of methoxy groups -OCH3 is 1. The molecule has 2 atom stereocenters. The maximum atomic E-state index is 11.6. The molecule has 0 unspecified atom stereocenters. The van der Waals surface area contributed by atoms with Crippen LogP contribution in [-0.4, -0.2) is 13.0 Å². The summed E-state index contributed by atoms with van der Waals surface area (Å²) in [6.45, 7) is 2.17. The first-order valence-corrected chi connectivity index (χ1v) is 5.60. The zero-order valence-electron chi connectivity index (χ0n) is 9.54. The standard InChI is InChI=1S/C13H15NO2/c1-13-6-11(14-12(15)7-13)9-4-3-8(16-2)5-10(9)13/h3-5,11H,6-7H2,1-2H3,(H,14,15)/t11-,13-/m0/s1. The Labute approximate surface area is 94.8 Å². The summed E-state index contributed by atoms with van der Waals surface area (Å²) in [5, 5.41) is 3.05. The molecule has 1 aromatic rings. The smallest absolute Gasteiger partial charge is 0.221 e. The Morgan fingerprint density at radius 3 is 3.06 bits per heavy atom. The van der Waals surface area contributed by atoms with Gasteiger partial charge in [-0.15, -0.1) is 0 Å². The predicted molar refractivity (Wildman–Crippen MR) is 60.5 cm³/mol. The maximum Gasteiger partial charge on any atom is 0.221 e. The Hall–Kier alpha value is -1.51. The molecule has 1 amide bonds. The number of hydrogen-bond donors (Lipinski definition) is 1. The van der Waals surface area contributed by atoms with Gasteiger partial charge in [0, 0.05) is 11.8 Å². The summed E-state index contributed by atoms with van der Waals surface area (Å²) in [6, 6.07) is 6.33. The van der Waals surface area contributed by atoms with Gasteiger partial charge in [0.2, 0.25) is 5.91 Å². The van der Waals surface area contributed by atoms with Gasteiger partial charge >= 0.3 is 0 Å². The number of carbonyl (C=O) groups is 1. The summed E-state index contributed by atoms with van der Waals surface area (Å²) in [4.78, 5) is 11.6. The fourth-order valence-electron chi connectivity index (χ4n) is 3.06. The van der Waals surface area contributed by atoms with Crippen molar-refractivity contribution in [2.45, 2.75) is 31.2 Å². The van der Waals surface area contributed by atoms with Crippen LogP contribution in [0.25, 0.3) is 0 Å². The van der Waals surface area contributed by atoms with E-state index in [9.17, 15) is 4.79 Å². The largest absolute Gasteiger partial charge is 0.497 e. The second-order valence-corrected chi connectivity index (χ2v) is 5.01. The fraction of sp³-hybridized carbons (Fsp3) is 0.462. The van der Waals surface area contributed by atoms with Gasteiger partial charge in [-0.05, 0) is 29.7 Å². The second kappa shape index (κ2) is 3.00. The highest BCUT2D eigenvalue weighted by Crippen LogP contribution is 2.50. The fourth-order valence-corrected chi connectivity index (χ4v) is 3.06. The van der Waals surface area contributed by atoms with Gasteiger partial charge in [0.25, 0.3) is 0 Å². The highest BCUT2D eigenvalue weighted by Gasteiger charge is 2.46. The molecule has 0 saturated carbocycles. The van der Waals surface area contributed by atoms with Gasteiger partial charge in [0.1, 0.15) is 5.75 Å². The van der Waals surface area contributed by atoms with E-state index >= 15 is 0 Å². The molecule has 2 aliphatic rings. The number of nitrogens with one attached hydrogen (secondary N) is 1. The van der Waals surface area contributed by atoms with Crippen LogP contribution in [0.3, 0.4) is 0 Å². The lowest BCUT2D eigenvalue weighted by Gasteiger charge is -2.29. The highest BCUT2D eigenvalue weighted by atomic mass is 16.5. The Balaban J connectivity index is 2.15. The van der Waals surface area contributed by atoms with Crippen molar-refractivity contribution < 1.29 is 9.53 Å². The molecule has 16 heavy (non-hydrogen) atoms. The number of hydrogen-bond acceptors (Lipinski definition) is 2. The van der Waals surface area contributed by atoms with Crippen molar-refractivity contribution in [3.63, 3.8) is 0 Å². The van der Waals surface area contributed by atoms with Gasteiger partial charge in [-0.3, -0.25) is 4.79 Å². The minimum atomic E-state index is -0.00310. The lowest BCUT2D eigenvalue weighted by molar-refractivity contribution is -0.124. The minimum Gasteiger partial charge on any atom is -0.497 e. The van der Waals surface area contributed by atoms with Crippen LogP contribution in [0.5, 0.6) is 5.75 Å². The van der Waals surface area contributed by atoms with Crippen molar-refractivity contribution in [1.29, 1.82) is 0 Å². The van der Waals surface area contributed by atoms with Crippen LogP contribution in [0.2, 0.25) is 0 Å². The van der Waals surface area contributed by atoms with Crippen molar-refractivity contribution in [2.24, 2.45) is 0 Å². The molecule has 3 nitrogen and oxygen atoms in total. The monoisotopic (exact) mass is 217 g/mol. The molecule has 1 N–H and O–H groups in total. The second-order valence-electron chi connectivity index (χ2n) is 5.01. The molecular weight excluding hydrogens is 202 g/mol. The highest BCUT2D eigenvalue weighted by molar-refractivity contribution is 5.81. The Kier molecular flexibility index (Phi) is 1.82. The van der Waals surface area contributed by atoms with Gasteiger partial charge in [-0.1, -0.05) is 13.0 Å². The van der Waals surface area contributed by atoms with Crippen molar-refractivity contribution >= 4 is 5.91 Å². The molecule has 2 bridgehead atoms. The van der Waals surface area contributed by atoms with E-state index < -0.39 is 0 Å². The quantitative estimate of drug-likeness (QED) is 0.780. The van der Waals surface area contributed by atoms with Crippen LogP contribution < -0.4 is 10.1 Å². The summed E-state index contributed by atoms with van der Waals surface area (Å²) in [5.41, 5.74) is 2.53. The topological polar surface area (TPSA) is 38.3 Å². The number of rotatable bonds is 1. The van der Waals surface area contributed by atoms with Crippen LogP contribution >= 0.6 is 0 Å². The van der Waals surface area contributed by atoms with E-state index in [1.165, 1.54) is 11.1 Å². The van der Waals surface area contributed by atoms with Crippen molar-refractivity contribution in [2.75, 3.05) is 7.11 Å². The van der Waals surface area contributed by atoms with Crippen molar-refractivity contribution in [3.05, 3.63) is 29.3 Å². The van der Waals surface area contributed by atoms with E-state index in [0.29, 0.717) is 6.42 Å². The molecular formula is C13H15NO2. The molecule has 84 valence electrons. The molecule has 1 aromatic carbocycles. The lowest BCUT2D eigenvalue weighted by atomic mass is 9.79.